The van der Waals surface area contributed by atoms with Crippen molar-refractivity contribution in [3.8, 4) is 22.5 Å². The van der Waals surface area contributed by atoms with Crippen molar-refractivity contribution in [3.63, 3.8) is 0 Å². The van der Waals surface area contributed by atoms with Crippen molar-refractivity contribution >= 4 is 68.3 Å². The number of nitrogens with zero attached hydrogens (tertiary/aromatic N) is 6. The number of anilines is 4. The number of hydrogen-bond acceptors (Lipinski definition) is 10. The van der Waals surface area contributed by atoms with E-state index in [0.29, 0.717) is 11.3 Å². The van der Waals surface area contributed by atoms with Crippen molar-refractivity contribution in [1.29, 1.82) is 0 Å². The van der Waals surface area contributed by atoms with Crippen LogP contribution in [0.1, 0.15) is 11.4 Å². The zero-order chi connectivity index (χ0) is 37.8. The first-order valence-corrected chi connectivity index (χ1v) is 19.7. The van der Waals surface area contributed by atoms with E-state index in [-0.39, 0.29) is 0 Å². The van der Waals surface area contributed by atoms with Gasteiger partial charge < -0.3 is 10.6 Å². The quantitative estimate of drug-likeness (QED) is 0.140. The Kier molecular flexibility index (Phi) is 9.79. The molecule has 0 fully saturated rings. The highest BCUT2D eigenvalue weighted by molar-refractivity contribution is 7.99. The van der Waals surface area contributed by atoms with Crippen LogP contribution in [0.5, 0.6) is 0 Å². The van der Waals surface area contributed by atoms with Gasteiger partial charge in [-0.2, -0.15) is 0 Å². The highest BCUT2D eigenvalue weighted by atomic mass is 32.2. The Morgan fingerprint density at radius 2 is 0.875 bits per heavy atom. The summed E-state index contributed by atoms with van der Waals surface area (Å²) in [4.78, 5) is 32.7. The van der Waals surface area contributed by atoms with Gasteiger partial charge >= 0.3 is 0 Å². The van der Waals surface area contributed by atoms with Gasteiger partial charge in [0.2, 0.25) is 0 Å². The Hall–Kier alpha value is -6.62. The average Bonchev–Trinajstić information content (AvgIpc) is 3.23. The second-order valence-electron chi connectivity index (χ2n) is 13.2. The molecule has 4 aromatic carbocycles. The second-order valence-corrected chi connectivity index (χ2v) is 15.4. The standard InChI is InChI=1S/C46H34N8S2/c1-29-13-17-35-37(21-23-47-45(35)51-29)53-39-25-31(15-19-43(39)55-33-9-5-3-6-10-33)41-27-50-42(28-49-41)32-16-20-44(56-34-11-7-4-8-12-34)40(26-32)54-38-22-24-48-46-36(38)18-14-30(2)52-46/h3-28H,1-2H3,(H,47,51,53)(H,48,52,54). The predicted octanol–water partition coefficient (Wildman–Crippen LogP) is 12.1. The van der Waals surface area contributed by atoms with E-state index in [1.165, 1.54) is 0 Å². The summed E-state index contributed by atoms with van der Waals surface area (Å²) < 4.78 is 0. The number of aryl methyl sites for hydroxylation is 2. The molecule has 9 rings (SSSR count). The molecule has 56 heavy (non-hydrogen) atoms. The van der Waals surface area contributed by atoms with Crippen molar-refractivity contribution < 1.29 is 0 Å². The van der Waals surface area contributed by atoms with Gasteiger partial charge in [0.15, 0.2) is 11.3 Å². The summed E-state index contributed by atoms with van der Waals surface area (Å²) in [5.74, 6) is 0. The van der Waals surface area contributed by atoms with E-state index in [0.717, 1.165) is 87.0 Å². The van der Waals surface area contributed by atoms with Crippen LogP contribution in [-0.2, 0) is 0 Å². The molecule has 2 N–H and O–H groups in total. The lowest BCUT2D eigenvalue weighted by atomic mass is 10.1. The van der Waals surface area contributed by atoms with Crippen molar-refractivity contribution in [3.05, 3.63) is 170 Å². The summed E-state index contributed by atoms with van der Waals surface area (Å²) >= 11 is 3.41. The summed E-state index contributed by atoms with van der Waals surface area (Å²) in [7, 11) is 0. The Morgan fingerprint density at radius 3 is 1.30 bits per heavy atom. The minimum absolute atomic E-state index is 0.705. The van der Waals surface area contributed by atoms with Crippen molar-refractivity contribution in [2.45, 2.75) is 33.4 Å². The van der Waals surface area contributed by atoms with Crippen LogP contribution in [0, 0.1) is 13.8 Å². The lowest BCUT2D eigenvalue weighted by Crippen LogP contribution is -1.98. The number of aromatic nitrogens is 6. The minimum atomic E-state index is 0.705. The lowest BCUT2D eigenvalue weighted by molar-refractivity contribution is 1.20. The zero-order valence-electron chi connectivity index (χ0n) is 30.5. The monoisotopic (exact) mass is 762 g/mol. The molecule has 0 saturated carbocycles. The van der Waals surface area contributed by atoms with E-state index in [4.69, 9.17) is 9.97 Å². The third kappa shape index (κ3) is 7.66. The molecule has 270 valence electrons. The average molecular weight is 763 g/mol. The maximum absolute atomic E-state index is 4.94. The number of pyridine rings is 4. The maximum Gasteiger partial charge on any atom is 0.161 e. The molecule has 5 heterocycles. The van der Waals surface area contributed by atoms with Crippen LogP contribution in [0.2, 0.25) is 0 Å². The van der Waals surface area contributed by atoms with Crippen molar-refractivity contribution in [1.82, 2.24) is 29.9 Å². The summed E-state index contributed by atoms with van der Waals surface area (Å²) in [6.45, 7) is 3.95. The van der Waals surface area contributed by atoms with Gasteiger partial charge in [0, 0.05) is 65.3 Å². The van der Waals surface area contributed by atoms with Crippen LogP contribution in [-0.4, -0.2) is 29.9 Å². The third-order valence-electron chi connectivity index (χ3n) is 9.17. The van der Waals surface area contributed by atoms with Crippen LogP contribution in [0.15, 0.2) is 178 Å². The van der Waals surface area contributed by atoms with Gasteiger partial charge in [0.05, 0.1) is 46.5 Å². The fourth-order valence-electron chi connectivity index (χ4n) is 6.37. The molecule has 0 bridgehead atoms. The minimum Gasteiger partial charge on any atom is -0.354 e. The van der Waals surface area contributed by atoms with Gasteiger partial charge in [-0.3, -0.25) is 9.97 Å². The number of hydrogen-bond donors (Lipinski definition) is 2. The highest BCUT2D eigenvalue weighted by Gasteiger charge is 2.14. The summed E-state index contributed by atoms with van der Waals surface area (Å²) in [5, 5.41) is 9.30. The second kappa shape index (κ2) is 15.6. The Labute approximate surface area is 333 Å². The summed E-state index contributed by atoms with van der Waals surface area (Å²) in [6, 6.07) is 45.6. The number of nitrogens with one attached hydrogen (secondary N) is 2. The van der Waals surface area contributed by atoms with E-state index in [2.05, 4.69) is 128 Å². The van der Waals surface area contributed by atoms with Crippen molar-refractivity contribution in [2.24, 2.45) is 0 Å². The molecular formula is C46H34N8S2. The van der Waals surface area contributed by atoms with Crippen LogP contribution >= 0.6 is 23.5 Å². The maximum atomic E-state index is 4.94. The largest absolute Gasteiger partial charge is 0.354 e. The Bertz CT molecular complexity index is 2640. The fraction of sp³-hybridized carbons (Fsp3) is 0.0435. The normalized spacial score (nSPS) is 11.2. The van der Waals surface area contributed by atoms with E-state index in [1.54, 1.807) is 35.9 Å². The van der Waals surface area contributed by atoms with Crippen LogP contribution < -0.4 is 10.6 Å². The molecule has 0 aliphatic carbocycles. The van der Waals surface area contributed by atoms with Gasteiger partial charge in [-0.25, -0.2) is 19.9 Å². The van der Waals surface area contributed by atoms with E-state index in [9.17, 15) is 0 Å². The van der Waals surface area contributed by atoms with Gasteiger partial charge in [-0.15, -0.1) is 0 Å². The first-order valence-electron chi connectivity index (χ1n) is 18.1. The lowest BCUT2D eigenvalue weighted by Gasteiger charge is -2.16. The molecule has 0 saturated heterocycles. The Morgan fingerprint density at radius 1 is 0.429 bits per heavy atom. The molecule has 8 nitrogen and oxygen atoms in total. The first-order chi connectivity index (χ1) is 27.5. The summed E-state index contributed by atoms with van der Waals surface area (Å²) in [6.07, 6.45) is 7.27. The molecule has 0 atom stereocenters. The van der Waals surface area contributed by atoms with Gasteiger partial charge in [0.1, 0.15) is 0 Å². The molecule has 9 aromatic rings. The van der Waals surface area contributed by atoms with Gasteiger partial charge in [-0.05, 0) is 98.8 Å². The molecule has 0 amide bonds. The van der Waals surface area contributed by atoms with Gasteiger partial charge in [-0.1, -0.05) is 72.1 Å². The molecule has 0 radical (unpaired) electrons. The topological polar surface area (TPSA) is 101 Å². The molecule has 5 aromatic heterocycles. The molecule has 0 aliphatic rings. The highest BCUT2D eigenvalue weighted by Crippen LogP contribution is 2.40. The molecule has 0 aliphatic heterocycles. The number of fused-ring (bicyclic) bond motifs is 2. The van der Waals surface area contributed by atoms with E-state index in [1.807, 2.05) is 62.6 Å². The van der Waals surface area contributed by atoms with Crippen molar-refractivity contribution in [2.75, 3.05) is 10.6 Å². The predicted molar refractivity (Wildman–Crippen MR) is 229 cm³/mol. The molecule has 0 unspecified atom stereocenters. The number of rotatable bonds is 10. The molecule has 10 heteroatoms. The molecule has 0 spiro atoms. The van der Waals surface area contributed by atoms with E-state index < -0.39 is 0 Å². The smallest absolute Gasteiger partial charge is 0.161 e. The first kappa shape index (κ1) is 35.1. The van der Waals surface area contributed by atoms with Crippen LogP contribution in [0.3, 0.4) is 0 Å². The van der Waals surface area contributed by atoms with Gasteiger partial charge in [0.25, 0.3) is 0 Å². The summed E-state index contributed by atoms with van der Waals surface area (Å²) in [5.41, 5.74) is 10.5. The Balaban J connectivity index is 1.05. The molecular weight excluding hydrogens is 729 g/mol. The fourth-order valence-corrected chi connectivity index (χ4v) is 8.17. The van der Waals surface area contributed by atoms with Crippen LogP contribution in [0.4, 0.5) is 22.7 Å². The van der Waals surface area contributed by atoms with Crippen LogP contribution in [0.25, 0.3) is 44.6 Å². The SMILES string of the molecule is Cc1ccc2c(Nc3cc(-c4cnc(-c5ccc(Sc6ccccc6)c(Nc6ccnc7nc(C)ccc67)c5)cn4)ccc3Sc3ccccc3)ccnc2n1. The third-order valence-corrected chi connectivity index (χ3v) is 11.3. The zero-order valence-corrected chi connectivity index (χ0v) is 32.1. The van der Waals surface area contributed by atoms with E-state index >= 15 is 0 Å². The number of benzene rings is 4.